The fraction of sp³-hybridized carbons (Fsp3) is 0.267. The van der Waals surface area contributed by atoms with Gasteiger partial charge in [-0.1, -0.05) is 28.9 Å². The molecule has 0 fully saturated rings. The summed E-state index contributed by atoms with van der Waals surface area (Å²) in [5, 5.41) is 0. The minimum atomic E-state index is -3.52. The zero-order chi connectivity index (χ0) is 15.5. The van der Waals surface area contributed by atoms with Crippen LogP contribution >= 0.6 is 15.9 Å². The molecule has 0 aliphatic carbocycles. The zero-order valence-electron chi connectivity index (χ0n) is 12.0. The molecule has 112 valence electrons. The van der Waals surface area contributed by atoms with Gasteiger partial charge in [0.2, 0.25) is 10.0 Å². The first-order chi connectivity index (χ1) is 9.95. The first kappa shape index (κ1) is 16.1. The molecule has 0 saturated carbocycles. The van der Waals surface area contributed by atoms with Crippen molar-refractivity contribution in [3.8, 4) is 0 Å². The molecule has 0 atom stereocenters. The standard InChI is InChI=1S/C15H17BrN2O2S/c1-3-18(11-13-6-8-17-9-7-13)21(19,20)15-10-14(16)5-4-12(15)2/h4-10H,3,11H2,1-2H3. The van der Waals surface area contributed by atoms with Crippen molar-refractivity contribution in [1.82, 2.24) is 9.29 Å². The van der Waals surface area contributed by atoms with Crippen molar-refractivity contribution in [2.45, 2.75) is 25.3 Å². The van der Waals surface area contributed by atoms with Crippen LogP contribution in [0.4, 0.5) is 0 Å². The van der Waals surface area contributed by atoms with E-state index in [-0.39, 0.29) is 0 Å². The van der Waals surface area contributed by atoms with Gasteiger partial charge in [0.05, 0.1) is 4.90 Å². The molecule has 0 amide bonds. The van der Waals surface area contributed by atoms with E-state index < -0.39 is 10.0 Å². The minimum absolute atomic E-state index is 0.341. The summed E-state index contributed by atoms with van der Waals surface area (Å²) in [7, 11) is -3.52. The molecule has 21 heavy (non-hydrogen) atoms. The summed E-state index contributed by atoms with van der Waals surface area (Å²) in [4.78, 5) is 4.29. The lowest BCUT2D eigenvalue weighted by Gasteiger charge is -2.21. The van der Waals surface area contributed by atoms with E-state index in [9.17, 15) is 8.42 Å². The van der Waals surface area contributed by atoms with E-state index in [0.717, 1.165) is 15.6 Å². The molecular formula is C15H17BrN2O2S. The van der Waals surface area contributed by atoms with Crippen LogP contribution in [-0.2, 0) is 16.6 Å². The molecule has 1 aromatic heterocycles. The van der Waals surface area contributed by atoms with E-state index in [4.69, 9.17) is 0 Å². The first-order valence-corrected chi connectivity index (χ1v) is 8.83. The predicted octanol–water partition coefficient (Wildman–Crippen LogP) is 3.36. The Balaban J connectivity index is 2.38. The van der Waals surface area contributed by atoms with Crippen LogP contribution < -0.4 is 0 Å². The molecule has 0 unspecified atom stereocenters. The summed E-state index contributed by atoms with van der Waals surface area (Å²) in [6.07, 6.45) is 3.33. The van der Waals surface area contributed by atoms with Gasteiger partial charge in [0.15, 0.2) is 0 Å². The summed E-state index contributed by atoms with van der Waals surface area (Å²) < 4.78 is 27.9. The van der Waals surface area contributed by atoms with Gasteiger partial charge in [-0.05, 0) is 42.3 Å². The SMILES string of the molecule is CCN(Cc1ccncc1)S(=O)(=O)c1cc(Br)ccc1C. The average molecular weight is 369 g/mol. The average Bonchev–Trinajstić information content (AvgIpc) is 2.48. The van der Waals surface area contributed by atoms with Gasteiger partial charge in [0.1, 0.15) is 0 Å². The van der Waals surface area contributed by atoms with Gasteiger partial charge in [-0.3, -0.25) is 4.98 Å². The van der Waals surface area contributed by atoms with E-state index >= 15 is 0 Å². The molecule has 0 saturated heterocycles. The summed E-state index contributed by atoms with van der Waals surface area (Å²) >= 11 is 3.34. The number of hydrogen-bond donors (Lipinski definition) is 0. The molecule has 0 aliphatic rings. The lowest BCUT2D eigenvalue weighted by atomic mass is 10.2. The second-order valence-corrected chi connectivity index (χ2v) is 7.52. The molecule has 0 spiro atoms. The summed E-state index contributed by atoms with van der Waals surface area (Å²) in [6.45, 7) is 4.40. The maximum absolute atomic E-state index is 12.8. The Labute approximate surface area is 134 Å². The number of benzene rings is 1. The van der Waals surface area contributed by atoms with Gasteiger partial charge in [-0.25, -0.2) is 8.42 Å². The Bertz CT molecular complexity index is 718. The van der Waals surface area contributed by atoms with Gasteiger partial charge in [0, 0.05) is 30.0 Å². The van der Waals surface area contributed by atoms with Crippen LogP contribution in [-0.4, -0.2) is 24.3 Å². The van der Waals surface area contributed by atoms with Gasteiger partial charge in [-0.2, -0.15) is 4.31 Å². The second kappa shape index (κ2) is 6.68. The zero-order valence-corrected chi connectivity index (χ0v) is 14.4. The van der Waals surface area contributed by atoms with Crippen molar-refractivity contribution in [2.75, 3.05) is 6.54 Å². The Morgan fingerprint density at radius 3 is 2.48 bits per heavy atom. The van der Waals surface area contributed by atoms with Crippen LogP contribution in [0.15, 0.2) is 52.1 Å². The molecule has 0 radical (unpaired) electrons. The summed E-state index contributed by atoms with van der Waals surface area (Å²) in [5.74, 6) is 0. The van der Waals surface area contributed by atoms with E-state index in [0.29, 0.717) is 18.0 Å². The molecule has 2 aromatic rings. The van der Waals surface area contributed by atoms with Crippen molar-refractivity contribution < 1.29 is 8.42 Å². The molecule has 0 N–H and O–H groups in total. The number of nitrogens with zero attached hydrogens (tertiary/aromatic N) is 2. The van der Waals surface area contributed by atoms with Gasteiger partial charge < -0.3 is 0 Å². The largest absolute Gasteiger partial charge is 0.265 e. The molecule has 2 rings (SSSR count). The number of aryl methyl sites for hydroxylation is 1. The molecule has 1 aromatic carbocycles. The lowest BCUT2D eigenvalue weighted by molar-refractivity contribution is 0.423. The highest BCUT2D eigenvalue weighted by molar-refractivity contribution is 9.10. The van der Waals surface area contributed by atoms with Crippen LogP contribution in [0.3, 0.4) is 0 Å². The normalized spacial score (nSPS) is 11.8. The van der Waals surface area contributed by atoms with Gasteiger partial charge in [-0.15, -0.1) is 0 Å². The van der Waals surface area contributed by atoms with Gasteiger partial charge >= 0.3 is 0 Å². The van der Waals surface area contributed by atoms with Crippen molar-refractivity contribution >= 4 is 26.0 Å². The highest BCUT2D eigenvalue weighted by Gasteiger charge is 2.25. The second-order valence-electron chi connectivity index (χ2n) is 4.70. The van der Waals surface area contributed by atoms with Crippen LogP contribution in [0.25, 0.3) is 0 Å². The topological polar surface area (TPSA) is 50.3 Å². The monoisotopic (exact) mass is 368 g/mol. The quantitative estimate of drug-likeness (QED) is 0.812. The number of halogens is 1. The highest BCUT2D eigenvalue weighted by atomic mass is 79.9. The smallest absolute Gasteiger partial charge is 0.243 e. The van der Waals surface area contributed by atoms with Crippen molar-refractivity contribution in [3.63, 3.8) is 0 Å². The number of rotatable bonds is 5. The van der Waals surface area contributed by atoms with Crippen LogP contribution in [0, 0.1) is 6.92 Å². The van der Waals surface area contributed by atoms with Crippen LogP contribution in [0.1, 0.15) is 18.1 Å². The van der Waals surface area contributed by atoms with Crippen molar-refractivity contribution in [3.05, 3.63) is 58.3 Å². The van der Waals surface area contributed by atoms with Crippen LogP contribution in [0.5, 0.6) is 0 Å². The van der Waals surface area contributed by atoms with E-state index in [1.807, 2.05) is 25.1 Å². The van der Waals surface area contributed by atoms with Crippen LogP contribution in [0.2, 0.25) is 0 Å². The number of pyridine rings is 1. The lowest BCUT2D eigenvalue weighted by Crippen LogP contribution is -2.31. The Morgan fingerprint density at radius 2 is 1.86 bits per heavy atom. The van der Waals surface area contributed by atoms with E-state index in [1.54, 1.807) is 31.5 Å². The molecule has 0 bridgehead atoms. The third kappa shape index (κ3) is 3.70. The molecule has 6 heteroatoms. The number of sulfonamides is 1. The predicted molar refractivity (Wildman–Crippen MR) is 86.4 cm³/mol. The maximum Gasteiger partial charge on any atom is 0.243 e. The fourth-order valence-corrected chi connectivity index (χ4v) is 4.25. The Kier molecular flexibility index (Phi) is 5.13. The highest BCUT2D eigenvalue weighted by Crippen LogP contribution is 2.24. The minimum Gasteiger partial charge on any atom is -0.265 e. The number of hydrogen-bond acceptors (Lipinski definition) is 3. The molecule has 4 nitrogen and oxygen atoms in total. The first-order valence-electron chi connectivity index (χ1n) is 6.60. The number of aromatic nitrogens is 1. The summed E-state index contributed by atoms with van der Waals surface area (Å²) in [5.41, 5.74) is 1.66. The molecule has 1 heterocycles. The van der Waals surface area contributed by atoms with E-state index in [1.165, 1.54) is 4.31 Å². The molecular weight excluding hydrogens is 352 g/mol. The maximum atomic E-state index is 12.8. The van der Waals surface area contributed by atoms with Crippen molar-refractivity contribution in [1.29, 1.82) is 0 Å². The molecule has 0 aliphatic heterocycles. The summed E-state index contributed by atoms with van der Waals surface area (Å²) in [6, 6.07) is 8.95. The fourth-order valence-electron chi connectivity index (χ4n) is 2.05. The Hall–Kier alpha value is -1.24. The van der Waals surface area contributed by atoms with Crippen molar-refractivity contribution in [2.24, 2.45) is 0 Å². The third-order valence-electron chi connectivity index (χ3n) is 3.23. The Morgan fingerprint density at radius 1 is 1.19 bits per heavy atom. The van der Waals surface area contributed by atoms with E-state index in [2.05, 4.69) is 20.9 Å². The van der Waals surface area contributed by atoms with Gasteiger partial charge in [0.25, 0.3) is 0 Å². The third-order valence-corrected chi connectivity index (χ3v) is 5.79.